The number of thioether (sulfide) groups is 1. The maximum Gasteiger partial charge on any atom is 0.277 e. The average Bonchev–Trinajstić information content (AvgIpc) is 3.19. The standard InChI is InChI=1S/C26H30N6O2S.HI/c1-5-10-20-22-23(32(3)31-20)25(33)30-24(29-22)19-16-18(13-14-21(19)34-15-6-2)28-26(35-4)27-17-11-8-7-9-12-17;/h7-9,11-14,16H,5-6,10,15H2,1-4H3,(H,27,28)(H,29,30,33);1H. The van der Waals surface area contributed by atoms with E-state index >= 15 is 0 Å². The van der Waals surface area contributed by atoms with Crippen molar-refractivity contribution in [3.05, 3.63) is 64.6 Å². The minimum atomic E-state index is -0.224. The summed E-state index contributed by atoms with van der Waals surface area (Å²) in [5, 5.41) is 8.66. The summed E-state index contributed by atoms with van der Waals surface area (Å²) in [6.07, 6.45) is 4.50. The monoisotopic (exact) mass is 618 g/mol. The summed E-state index contributed by atoms with van der Waals surface area (Å²) in [5.74, 6) is 1.11. The van der Waals surface area contributed by atoms with E-state index in [-0.39, 0.29) is 29.5 Å². The number of ether oxygens (including phenoxy) is 1. The second-order valence-electron chi connectivity index (χ2n) is 8.07. The third-order valence-electron chi connectivity index (χ3n) is 5.38. The lowest BCUT2D eigenvalue weighted by molar-refractivity contribution is 0.318. The predicted octanol–water partition coefficient (Wildman–Crippen LogP) is 6.15. The first-order valence-electron chi connectivity index (χ1n) is 11.7. The van der Waals surface area contributed by atoms with Gasteiger partial charge in [0.05, 0.1) is 23.6 Å². The Hall–Kier alpha value is -2.86. The van der Waals surface area contributed by atoms with Gasteiger partial charge in [0.1, 0.15) is 17.1 Å². The second kappa shape index (κ2) is 12.9. The van der Waals surface area contributed by atoms with Crippen LogP contribution in [0.4, 0.5) is 11.4 Å². The fraction of sp³-hybridized carbons (Fsp3) is 0.308. The van der Waals surface area contributed by atoms with E-state index < -0.39 is 0 Å². The van der Waals surface area contributed by atoms with E-state index in [9.17, 15) is 4.79 Å². The Balaban J connectivity index is 0.00000361. The molecule has 0 bridgehead atoms. The van der Waals surface area contributed by atoms with Crippen LogP contribution in [0.25, 0.3) is 22.4 Å². The van der Waals surface area contributed by atoms with Gasteiger partial charge in [-0.05, 0) is 49.4 Å². The highest BCUT2D eigenvalue weighted by molar-refractivity contribution is 14.0. The Kier molecular flexibility index (Phi) is 9.94. The first kappa shape index (κ1) is 27.7. The number of rotatable bonds is 8. The van der Waals surface area contributed by atoms with Crippen LogP contribution in [0.5, 0.6) is 5.75 Å². The van der Waals surface area contributed by atoms with Gasteiger partial charge < -0.3 is 15.0 Å². The number of aryl methyl sites for hydroxylation is 2. The number of H-pyrrole nitrogens is 1. The smallest absolute Gasteiger partial charge is 0.277 e. The number of anilines is 1. The number of amidine groups is 1. The van der Waals surface area contributed by atoms with Crippen LogP contribution in [-0.4, -0.2) is 37.8 Å². The molecule has 36 heavy (non-hydrogen) atoms. The van der Waals surface area contributed by atoms with Gasteiger partial charge in [0.25, 0.3) is 5.56 Å². The van der Waals surface area contributed by atoms with Crippen LogP contribution in [0.2, 0.25) is 0 Å². The third-order valence-corrected chi connectivity index (χ3v) is 5.96. The molecule has 2 heterocycles. The number of hydrogen-bond acceptors (Lipinski definition) is 6. The highest BCUT2D eigenvalue weighted by Crippen LogP contribution is 2.32. The molecule has 0 saturated carbocycles. The summed E-state index contributed by atoms with van der Waals surface area (Å²) in [4.78, 5) is 25.5. The highest BCUT2D eigenvalue weighted by atomic mass is 127. The zero-order valence-corrected chi connectivity index (χ0v) is 24.0. The van der Waals surface area contributed by atoms with Crippen molar-refractivity contribution >= 4 is 63.3 Å². The van der Waals surface area contributed by atoms with E-state index in [4.69, 9.17) is 9.72 Å². The average molecular weight is 619 g/mol. The molecule has 0 spiro atoms. The number of aromatic amines is 1. The molecule has 0 unspecified atom stereocenters. The van der Waals surface area contributed by atoms with E-state index in [1.54, 1.807) is 11.7 Å². The number of para-hydroxylation sites is 1. The van der Waals surface area contributed by atoms with Crippen molar-refractivity contribution in [1.82, 2.24) is 19.7 Å². The molecule has 10 heteroatoms. The summed E-state index contributed by atoms with van der Waals surface area (Å²) in [7, 11) is 1.77. The Morgan fingerprint density at radius 3 is 2.64 bits per heavy atom. The summed E-state index contributed by atoms with van der Waals surface area (Å²) in [5.41, 5.74) is 4.08. The molecule has 0 amide bonds. The lowest BCUT2D eigenvalue weighted by Gasteiger charge is -2.14. The van der Waals surface area contributed by atoms with E-state index in [1.807, 2.05) is 54.8 Å². The van der Waals surface area contributed by atoms with Crippen LogP contribution in [-0.2, 0) is 13.5 Å². The predicted molar refractivity (Wildman–Crippen MR) is 160 cm³/mol. The van der Waals surface area contributed by atoms with Crippen LogP contribution in [0, 0.1) is 0 Å². The minimum absolute atomic E-state index is 0. The summed E-state index contributed by atoms with van der Waals surface area (Å²) < 4.78 is 7.62. The Labute approximate surface area is 232 Å². The van der Waals surface area contributed by atoms with E-state index in [0.29, 0.717) is 34.8 Å². The quantitative estimate of drug-likeness (QED) is 0.140. The molecule has 2 aromatic carbocycles. The maximum atomic E-state index is 13.0. The maximum absolute atomic E-state index is 13.0. The van der Waals surface area contributed by atoms with Gasteiger partial charge in [0.2, 0.25) is 0 Å². The first-order chi connectivity index (χ1) is 17.0. The molecule has 0 radical (unpaired) electrons. The van der Waals surface area contributed by atoms with E-state index in [0.717, 1.165) is 41.5 Å². The van der Waals surface area contributed by atoms with Crippen molar-refractivity contribution in [3.63, 3.8) is 0 Å². The lowest BCUT2D eigenvalue weighted by atomic mass is 10.1. The molecule has 4 aromatic rings. The van der Waals surface area contributed by atoms with Crippen LogP contribution < -0.4 is 15.6 Å². The molecule has 2 aromatic heterocycles. The Morgan fingerprint density at radius 1 is 1.17 bits per heavy atom. The number of nitrogens with zero attached hydrogens (tertiary/aromatic N) is 4. The van der Waals surface area contributed by atoms with Crippen LogP contribution in [0.3, 0.4) is 0 Å². The van der Waals surface area contributed by atoms with Crippen molar-refractivity contribution in [2.75, 3.05) is 18.2 Å². The number of aliphatic imine (C=N–C) groups is 1. The van der Waals surface area contributed by atoms with Gasteiger partial charge in [0.15, 0.2) is 10.7 Å². The summed E-state index contributed by atoms with van der Waals surface area (Å²) in [6.45, 7) is 4.70. The molecule has 190 valence electrons. The zero-order chi connectivity index (χ0) is 24.8. The van der Waals surface area contributed by atoms with Gasteiger partial charge in [-0.3, -0.25) is 9.48 Å². The Morgan fingerprint density at radius 2 is 1.94 bits per heavy atom. The number of aromatic nitrogens is 4. The van der Waals surface area contributed by atoms with Crippen molar-refractivity contribution in [1.29, 1.82) is 0 Å². The SMILES string of the molecule is CCCOc1ccc(NC(=Nc2ccccc2)SC)cc1-c1nc2c(CCC)nn(C)c2c(=O)[nH]1.I. The van der Waals surface area contributed by atoms with Gasteiger partial charge in [-0.1, -0.05) is 50.2 Å². The van der Waals surface area contributed by atoms with Crippen molar-refractivity contribution in [2.24, 2.45) is 12.0 Å². The molecular formula is C26H31IN6O2S. The van der Waals surface area contributed by atoms with Crippen LogP contribution in [0.1, 0.15) is 32.4 Å². The molecule has 0 atom stereocenters. The lowest BCUT2D eigenvalue weighted by Crippen LogP contribution is -2.13. The van der Waals surface area contributed by atoms with Gasteiger partial charge in [-0.15, -0.1) is 24.0 Å². The summed E-state index contributed by atoms with van der Waals surface area (Å²) in [6, 6.07) is 15.6. The number of fused-ring (bicyclic) bond motifs is 1. The van der Waals surface area contributed by atoms with Gasteiger partial charge in [0, 0.05) is 12.7 Å². The number of benzene rings is 2. The molecule has 0 aliphatic rings. The second-order valence-corrected chi connectivity index (χ2v) is 8.87. The molecule has 0 saturated heterocycles. The fourth-order valence-corrected chi connectivity index (χ4v) is 4.19. The number of nitrogens with one attached hydrogen (secondary N) is 2. The molecule has 4 rings (SSSR count). The van der Waals surface area contributed by atoms with Gasteiger partial charge in [-0.2, -0.15) is 5.10 Å². The van der Waals surface area contributed by atoms with E-state index in [2.05, 4.69) is 34.2 Å². The van der Waals surface area contributed by atoms with Crippen LogP contribution >= 0.6 is 35.7 Å². The molecule has 2 N–H and O–H groups in total. The fourth-order valence-electron chi connectivity index (χ4n) is 3.78. The normalized spacial score (nSPS) is 11.4. The van der Waals surface area contributed by atoms with Crippen molar-refractivity contribution in [2.45, 2.75) is 33.1 Å². The van der Waals surface area contributed by atoms with Gasteiger partial charge >= 0.3 is 0 Å². The molecule has 0 aliphatic heterocycles. The number of hydrogen-bond donors (Lipinski definition) is 2. The van der Waals surface area contributed by atoms with Crippen LogP contribution in [0.15, 0.2) is 58.3 Å². The molecule has 0 fully saturated rings. The third kappa shape index (κ3) is 6.28. The number of halogens is 1. The van der Waals surface area contributed by atoms with E-state index in [1.165, 1.54) is 11.8 Å². The van der Waals surface area contributed by atoms with Crippen molar-refractivity contribution in [3.8, 4) is 17.1 Å². The molecule has 0 aliphatic carbocycles. The van der Waals surface area contributed by atoms with Gasteiger partial charge in [-0.25, -0.2) is 9.98 Å². The topological polar surface area (TPSA) is 97.2 Å². The Bertz CT molecular complexity index is 1400. The molecule has 8 nitrogen and oxygen atoms in total. The minimum Gasteiger partial charge on any atom is -0.493 e. The largest absolute Gasteiger partial charge is 0.493 e. The highest BCUT2D eigenvalue weighted by Gasteiger charge is 2.18. The zero-order valence-electron chi connectivity index (χ0n) is 20.9. The first-order valence-corrected chi connectivity index (χ1v) is 12.9. The summed E-state index contributed by atoms with van der Waals surface area (Å²) >= 11 is 1.52. The molecular weight excluding hydrogens is 587 g/mol. The van der Waals surface area contributed by atoms with Crippen molar-refractivity contribution < 1.29 is 4.74 Å².